The van der Waals surface area contributed by atoms with Gasteiger partial charge in [-0.2, -0.15) is 0 Å². The fraction of sp³-hybridized carbons (Fsp3) is 0.364. The van der Waals surface area contributed by atoms with Crippen LogP contribution >= 0.6 is 0 Å². The number of nitrogens with one attached hydrogen (secondary N) is 1. The SMILES string of the molecule is CCCc1cccc2c1NC(=O)C2N. The van der Waals surface area contributed by atoms with E-state index in [1.54, 1.807) is 0 Å². The van der Waals surface area contributed by atoms with E-state index in [4.69, 9.17) is 5.73 Å². The van der Waals surface area contributed by atoms with Gasteiger partial charge in [0.05, 0.1) is 0 Å². The van der Waals surface area contributed by atoms with Crippen LogP contribution in [0, 0.1) is 0 Å². The minimum absolute atomic E-state index is 0.0939. The summed E-state index contributed by atoms with van der Waals surface area (Å²) in [7, 11) is 0. The fourth-order valence-electron chi connectivity index (χ4n) is 1.85. The molecule has 3 N–H and O–H groups in total. The Kier molecular flexibility index (Phi) is 2.25. The molecule has 1 amide bonds. The van der Waals surface area contributed by atoms with Gasteiger partial charge in [-0.05, 0) is 12.0 Å². The second-order valence-corrected chi connectivity index (χ2v) is 3.60. The van der Waals surface area contributed by atoms with Gasteiger partial charge < -0.3 is 11.1 Å². The van der Waals surface area contributed by atoms with E-state index in [9.17, 15) is 4.79 Å². The van der Waals surface area contributed by atoms with Crippen molar-refractivity contribution in [3.05, 3.63) is 29.3 Å². The Balaban J connectivity index is 2.44. The maximum atomic E-state index is 11.4. The van der Waals surface area contributed by atoms with Gasteiger partial charge in [-0.1, -0.05) is 31.5 Å². The molecule has 0 aromatic heterocycles. The third kappa shape index (κ3) is 1.30. The number of aryl methyl sites for hydroxylation is 1. The highest BCUT2D eigenvalue weighted by atomic mass is 16.2. The molecule has 3 heteroatoms. The minimum atomic E-state index is -0.484. The Morgan fingerprint density at radius 3 is 3.00 bits per heavy atom. The van der Waals surface area contributed by atoms with Crippen molar-refractivity contribution >= 4 is 11.6 Å². The van der Waals surface area contributed by atoms with Crippen molar-refractivity contribution in [3.8, 4) is 0 Å². The number of carbonyl (C=O) groups is 1. The summed E-state index contributed by atoms with van der Waals surface area (Å²) in [6, 6.07) is 5.43. The highest BCUT2D eigenvalue weighted by Crippen LogP contribution is 2.32. The second-order valence-electron chi connectivity index (χ2n) is 3.60. The number of fused-ring (bicyclic) bond motifs is 1. The standard InChI is InChI=1S/C11H14N2O/c1-2-4-7-5-3-6-8-9(12)11(14)13-10(7)8/h3,5-6,9H,2,4,12H2,1H3,(H,13,14). The first-order chi connectivity index (χ1) is 6.74. The zero-order chi connectivity index (χ0) is 10.1. The zero-order valence-electron chi connectivity index (χ0n) is 8.21. The fourth-order valence-corrected chi connectivity index (χ4v) is 1.85. The van der Waals surface area contributed by atoms with Crippen LogP contribution in [0.25, 0.3) is 0 Å². The molecule has 1 atom stereocenters. The van der Waals surface area contributed by atoms with Gasteiger partial charge in [-0.15, -0.1) is 0 Å². The largest absolute Gasteiger partial charge is 0.324 e. The number of rotatable bonds is 2. The molecule has 1 aromatic carbocycles. The molecule has 0 bridgehead atoms. The van der Waals surface area contributed by atoms with Crippen LogP contribution in [0.1, 0.15) is 30.5 Å². The second kappa shape index (κ2) is 3.42. The van der Waals surface area contributed by atoms with E-state index >= 15 is 0 Å². The molecule has 1 heterocycles. The summed E-state index contributed by atoms with van der Waals surface area (Å²) in [6.07, 6.45) is 2.05. The molecule has 2 rings (SSSR count). The predicted molar refractivity (Wildman–Crippen MR) is 56.0 cm³/mol. The number of nitrogens with two attached hydrogens (primary N) is 1. The average molecular weight is 190 g/mol. The summed E-state index contributed by atoms with van der Waals surface area (Å²) in [5.41, 5.74) is 8.80. The molecular weight excluding hydrogens is 176 g/mol. The molecule has 0 spiro atoms. The monoisotopic (exact) mass is 190 g/mol. The number of hydrogen-bond donors (Lipinski definition) is 2. The molecular formula is C11H14N2O. The number of amides is 1. The van der Waals surface area contributed by atoms with Crippen LogP contribution in [-0.4, -0.2) is 5.91 Å². The maximum Gasteiger partial charge on any atom is 0.245 e. The minimum Gasteiger partial charge on any atom is -0.324 e. The average Bonchev–Trinajstić information content (AvgIpc) is 2.46. The van der Waals surface area contributed by atoms with Crippen LogP contribution in [0.15, 0.2) is 18.2 Å². The Bertz CT molecular complexity index is 374. The van der Waals surface area contributed by atoms with Crippen LogP contribution in [0.5, 0.6) is 0 Å². The van der Waals surface area contributed by atoms with E-state index in [-0.39, 0.29) is 5.91 Å². The summed E-state index contributed by atoms with van der Waals surface area (Å²) in [5, 5.41) is 2.84. The first-order valence-corrected chi connectivity index (χ1v) is 4.92. The van der Waals surface area contributed by atoms with Gasteiger partial charge in [0.15, 0.2) is 0 Å². The highest BCUT2D eigenvalue weighted by Gasteiger charge is 2.28. The van der Waals surface area contributed by atoms with E-state index in [0.29, 0.717) is 0 Å². The summed E-state index contributed by atoms with van der Waals surface area (Å²) in [6.45, 7) is 2.12. The van der Waals surface area contributed by atoms with Crippen molar-refractivity contribution in [1.29, 1.82) is 0 Å². The molecule has 3 nitrogen and oxygen atoms in total. The van der Waals surface area contributed by atoms with Crippen LogP contribution in [0.3, 0.4) is 0 Å². The van der Waals surface area contributed by atoms with Crippen LogP contribution < -0.4 is 11.1 Å². The molecule has 0 aliphatic carbocycles. The lowest BCUT2D eigenvalue weighted by Crippen LogP contribution is -2.19. The molecule has 74 valence electrons. The first-order valence-electron chi connectivity index (χ1n) is 4.92. The van der Waals surface area contributed by atoms with Crippen molar-refractivity contribution in [2.24, 2.45) is 5.73 Å². The maximum absolute atomic E-state index is 11.4. The van der Waals surface area contributed by atoms with Crippen molar-refractivity contribution < 1.29 is 4.79 Å². The Morgan fingerprint density at radius 2 is 2.29 bits per heavy atom. The molecule has 1 aromatic rings. The third-order valence-electron chi connectivity index (χ3n) is 2.57. The molecule has 1 unspecified atom stereocenters. The Labute approximate surface area is 83.3 Å². The molecule has 0 fully saturated rings. The lowest BCUT2D eigenvalue weighted by atomic mass is 10.0. The molecule has 1 aliphatic heterocycles. The van der Waals surface area contributed by atoms with Crippen molar-refractivity contribution in [2.45, 2.75) is 25.8 Å². The smallest absolute Gasteiger partial charge is 0.245 e. The quantitative estimate of drug-likeness (QED) is 0.744. The number of hydrogen-bond acceptors (Lipinski definition) is 2. The molecule has 0 saturated carbocycles. The van der Waals surface area contributed by atoms with E-state index in [2.05, 4.69) is 12.2 Å². The molecule has 0 saturated heterocycles. The zero-order valence-corrected chi connectivity index (χ0v) is 8.21. The number of benzene rings is 1. The third-order valence-corrected chi connectivity index (χ3v) is 2.57. The molecule has 0 radical (unpaired) electrons. The predicted octanol–water partition coefficient (Wildman–Crippen LogP) is 1.59. The first kappa shape index (κ1) is 9.21. The summed E-state index contributed by atoms with van der Waals surface area (Å²) in [5.74, 6) is -0.0939. The van der Waals surface area contributed by atoms with Gasteiger partial charge in [0, 0.05) is 11.3 Å². The van der Waals surface area contributed by atoms with Crippen LogP contribution in [0.4, 0.5) is 5.69 Å². The molecule has 1 aliphatic rings. The number of para-hydroxylation sites is 1. The van der Waals surface area contributed by atoms with E-state index in [1.165, 1.54) is 5.56 Å². The van der Waals surface area contributed by atoms with Gasteiger partial charge >= 0.3 is 0 Å². The van der Waals surface area contributed by atoms with Crippen molar-refractivity contribution in [3.63, 3.8) is 0 Å². The highest BCUT2D eigenvalue weighted by molar-refractivity contribution is 6.03. The summed E-state index contributed by atoms with van der Waals surface area (Å²) < 4.78 is 0. The van der Waals surface area contributed by atoms with Crippen molar-refractivity contribution in [2.75, 3.05) is 5.32 Å². The van der Waals surface area contributed by atoms with Gasteiger partial charge in [0.25, 0.3) is 0 Å². The van der Waals surface area contributed by atoms with Gasteiger partial charge in [-0.3, -0.25) is 4.79 Å². The summed E-state index contributed by atoms with van der Waals surface area (Å²) in [4.78, 5) is 11.4. The lowest BCUT2D eigenvalue weighted by molar-refractivity contribution is -0.116. The topological polar surface area (TPSA) is 55.1 Å². The van der Waals surface area contributed by atoms with E-state index < -0.39 is 6.04 Å². The Hall–Kier alpha value is -1.35. The van der Waals surface area contributed by atoms with Crippen molar-refractivity contribution in [1.82, 2.24) is 0 Å². The summed E-state index contributed by atoms with van der Waals surface area (Å²) >= 11 is 0. The van der Waals surface area contributed by atoms with E-state index in [1.807, 2.05) is 18.2 Å². The number of carbonyl (C=O) groups excluding carboxylic acids is 1. The molecule has 14 heavy (non-hydrogen) atoms. The normalized spacial score (nSPS) is 19.3. The Morgan fingerprint density at radius 1 is 1.50 bits per heavy atom. The van der Waals surface area contributed by atoms with E-state index in [0.717, 1.165) is 24.1 Å². The van der Waals surface area contributed by atoms with Crippen LogP contribution in [-0.2, 0) is 11.2 Å². The van der Waals surface area contributed by atoms with Gasteiger partial charge in [0.2, 0.25) is 5.91 Å². The lowest BCUT2D eigenvalue weighted by Gasteiger charge is -2.06. The van der Waals surface area contributed by atoms with Crippen LogP contribution in [0.2, 0.25) is 0 Å². The van der Waals surface area contributed by atoms with Gasteiger partial charge in [0.1, 0.15) is 6.04 Å². The number of anilines is 1. The van der Waals surface area contributed by atoms with Gasteiger partial charge in [-0.25, -0.2) is 0 Å².